The van der Waals surface area contributed by atoms with E-state index in [0.717, 1.165) is 22.9 Å². The Morgan fingerprint density at radius 3 is 2.80 bits per heavy atom. The standard InChI is InChI=1S/C18H23NO/c1-18(2)11-4-3-10-15(18)17(20)14-9-5-7-13-8-6-12-19-16(13)14/h5-9,12,15,17,20H,3-4,10-11H2,1-2H3. The van der Waals surface area contributed by atoms with Crippen molar-refractivity contribution in [2.75, 3.05) is 0 Å². The Morgan fingerprint density at radius 1 is 1.20 bits per heavy atom. The van der Waals surface area contributed by atoms with E-state index in [1.54, 1.807) is 0 Å². The number of aliphatic hydroxyl groups excluding tert-OH is 1. The number of pyridine rings is 1. The summed E-state index contributed by atoms with van der Waals surface area (Å²) in [6.45, 7) is 4.58. The van der Waals surface area contributed by atoms with Crippen LogP contribution in [0, 0.1) is 11.3 Å². The molecule has 1 N–H and O–H groups in total. The van der Waals surface area contributed by atoms with Crippen LogP contribution in [0.5, 0.6) is 0 Å². The Labute approximate surface area is 120 Å². The van der Waals surface area contributed by atoms with Gasteiger partial charge in [-0.3, -0.25) is 4.98 Å². The summed E-state index contributed by atoms with van der Waals surface area (Å²) in [5.74, 6) is 0.323. The van der Waals surface area contributed by atoms with Gasteiger partial charge in [-0.25, -0.2) is 0 Å². The van der Waals surface area contributed by atoms with E-state index in [4.69, 9.17) is 0 Å². The first-order valence-electron chi connectivity index (χ1n) is 7.61. The first kappa shape index (κ1) is 13.6. The van der Waals surface area contributed by atoms with E-state index in [9.17, 15) is 5.11 Å². The Bertz CT molecular complexity index is 600. The van der Waals surface area contributed by atoms with Gasteiger partial charge in [0.2, 0.25) is 0 Å². The number of para-hydroxylation sites is 1. The summed E-state index contributed by atoms with van der Waals surface area (Å²) in [4.78, 5) is 4.48. The molecule has 2 heteroatoms. The average molecular weight is 269 g/mol. The van der Waals surface area contributed by atoms with Crippen LogP contribution in [0.2, 0.25) is 0 Å². The number of aliphatic hydroxyl groups is 1. The number of fused-ring (bicyclic) bond motifs is 1. The summed E-state index contributed by atoms with van der Waals surface area (Å²) in [5.41, 5.74) is 2.14. The monoisotopic (exact) mass is 269 g/mol. The van der Waals surface area contributed by atoms with Gasteiger partial charge < -0.3 is 5.11 Å². The number of nitrogens with zero attached hydrogens (tertiary/aromatic N) is 1. The molecule has 1 aromatic heterocycles. The zero-order valence-corrected chi connectivity index (χ0v) is 12.3. The van der Waals surface area contributed by atoms with Crippen LogP contribution in [0.4, 0.5) is 0 Å². The lowest BCUT2D eigenvalue weighted by Crippen LogP contribution is -2.32. The van der Waals surface area contributed by atoms with Crippen LogP contribution in [-0.4, -0.2) is 10.1 Å². The molecule has 0 bridgehead atoms. The highest BCUT2D eigenvalue weighted by molar-refractivity contribution is 5.81. The van der Waals surface area contributed by atoms with Gasteiger partial charge in [-0.15, -0.1) is 0 Å². The van der Waals surface area contributed by atoms with Crippen molar-refractivity contribution in [2.24, 2.45) is 11.3 Å². The molecule has 0 spiro atoms. The van der Waals surface area contributed by atoms with Gasteiger partial charge in [-0.05, 0) is 30.2 Å². The first-order chi connectivity index (χ1) is 9.59. The van der Waals surface area contributed by atoms with Crippen molar-refractivity contribution in [3.05, 3.63) is 42.1 Å². The Morgan fingerprint density at radius 2 is 2.00 bits per heavy atom. The van der Waals surface area contributed by atoms with Gasteiger partial charge in [-0.1, -0.05) is 51.0 Å². The molecule has 0 saturated heterocycles. The van der Waals surface area contributed by atoms with Crippen LogP contribution in [-0.2, 0) is 0 Å². The zero-order valence-electron chi connectivity index (χ0n) is 12.3. The molecule has 0 aliphatic heterocycles. The molecule has 20 heavy (non-hydrogen) atoms. The van der Waals surface area contributed by atoms with Crippen LogP contribution in [0.25, 0.3) is 10.9 Å². The molecule has 3 rings (SSSR count). The molecule has 106 valence electrons. The maximum absolute atomic E-state index is 10.9. The van der Waals surface area contributed by atoms with E-state index in [0.29, 0.717) is 5.92 Å². The summed E-state index contributed by atoms with van der Waals surface area (Å²) >= 11 is 0. The zero-order chi connectivity index (χ0) is 14.2. The molecular formula is C18H23NO. The van der Waals surface area contributed by atoms with Crippen molar-refractivity contribution in [3.63, 3.8) is 0 Å². The highest BCUT2D eigenvalue weighted by atomic mass is 16.3. The Hall–Kier alpha value is -1.41. The van der Waals surface area contributed by atoms with Crippen LogP contribution in [0.1, 0.15) is 51.2 Å². The third kappa shape index (κ3) is 2.33. The van der Waals surface area contributed by atoms with E-state index >= 15 is 0 Å². The second-order valence-electron chi connectivity index (χ2n) is 6.71. The van der Waals surface area contributed by atoms with Crippen LogP contribution >= 0.6 is 0 Å². The van der Waals surface area contributed by atoms with Crippen molar-refractivity contribution < 1.29 is 5.11 Å². The SMILES string of the molecule is CC1(C)CCCCC1C(O)c1cccc2cccnc12. The van der Waals surface area contributed by atoms with Crippen molar-refractivity contribution in [1.82, 2.24) is 4.98 Å². The van der Waals surface area contributed by atoms with E-state index in [2.05, 4.69) is 31.0 Å². The molecule has 2 aromatic rings. The third-order valence-corrected chi connectivity index (χ3v) is 4.95. The molecule has 2 unspecified atom stereocenters. The minimum atomic E-state index is -0.413. The molecule has 1 aromatic carbocycles. The Kier molecular flexibility index (Phi) is 3.51. The van der Waals surface area contributed by atoms with Crippen molar-refractivity contribution in [3.8, 4) is 0 Å². The summed E-state index contributed by atoms with van der Waals surface area (Å²) in [6, 6.07) is 10.1. The molecule has 1 aliphatic carbocycles. The van der Waals surface area contributed by atoms with Gasteiger partial charge in [0.1, 0.15) is 0 Å². The minimum Gasteiger partial charge on any atom is -0.388 e. The topological polar surface area (TPSA) is 33.1 Å². The second kappa shape index (κ2) is 5.17. The third-order valence-electron chi connectivity index (χ3n) is 4.95. The fraction of sp³-hybridized carbons (Fsp3) is 0.500. The fourth-order valence-corrected chi connectivity index (χ4v) is 3.69. The minimum absolute atomic E-state index is 0.203. The van der Waals surface area contributed by atoms with Gasteiger partial charge in [0.25, 0.3) is 0 Å². The van der Waals surface area contributed by atoms with Gasteiger partial charge in [0.05, 0.1) is 11.6 Å². The quantitative estimate of drug-likeness (QED) is 0.871. The summed E-state index contributed by atoms with van der Waals surface area (Å²) in [6.07, 6.45) is 6.21. The highest BCUT2D eigenvalue weighted by Crippen LogP contribution is 2.47. The van der Waals surface area contributed by atoms with E-state index in [1.165, 1.54) is 19.3 Å². The molecule has 2 nitrogen and oxygen atoms in total. The van der Waals surface area contributed by atoms with Crippen molar-refractivity contribution in [1.29, 1.82) is 0 Å². The molecule has 0 amide bonds. The normalized spacial score (nSPS) is 23.6. The molecule has 2 atom stereocenters. The molecule has 0 radical (unpaired) electrons. The highest BCUT2D eigenvalue weighted by Gasteiger charge is 2.37. The molecule has 1 fully saturated rings. The van der Waals surface area contributed by atoms with Crippen LogP contribution in [0.3, 0.4) is 0 Å². The maximum Gasteiger partial charge on any atom is 0.0844 e. The summed E-state index contributed by atoms with van der Waals surface area (Å²) in [7, 11) is 0. The van der Waals surface area contributed by atoms with Crippen molar-refractivity contribution in [2.45, 2.75) is 45.6 Å². The smallest absolute Gasteiger partial charge is 0.0844 e. The number of benzene rings is 1. The fourth-order valence-electron chi connectivity index (χ4n) is 3.69. The average Bonchev–Trinajstić information content (AvgIpc) is 2.45. The lowest BCUT2D eigenvalue weighted by molar-refractivity contribution is 0.00458. The number of rotatable bonds is 2. The van der Waals surface area contributed by atoms with Gasteiger partial charge in [0, 0.05) is 17.1 Å². The van der Waals surface area contributed by atoms with Gasteiger partial charge in [-0.2, -0.15) is 0 Å². The van der Waals surface area contributed by atoms with E-state index < -0.39 is 6.10 Å². The van der Waals surface area contributed by atoms with Crippen LogP contribution in [0.15, 0.2) is 36.5 Å². The lowest BCUT2D eigenvalue weighted by Gasteiger charge is -2.41. The second-order valence-corrected chi connectivity index (χ2v) is 6.71. The van der Waals surface area contributed by atoms with Crippen molar-refractivity contribution >= 4 is 10.9 Å². The largest absolute Gasteiger partial charge is 0.388 e. The van der Waals surface area contributed by atoms with Gasteiger partial charge >= 0.3 is 0 Å². The summed E-state index contributed by atoms with van der Waals surface area (Å²) < 4.78 is 0. The molecule has 1 saturated carbocycles. The van der Waals surface area contributed by atoms with E-state index in [1.807, 2.05) is 24.4 Å². The molecule has 1 heterocycles. The number of hydrogen-bond donors (Lipinski definition) is 1. The van der Waals surface area contributed by atoms with Crippen LogP contribution < -0.4 is 0 Å². The summed E-state index contributed by atoms with van der Waals surface area (Å²) in [5, 5.41) is 12.0. The number of aromatic nitrogens is 1. The molecular weight excluding hydrogens is 246 g/mol. The number of hydrogen-bond acceptors (Lipinski definition) is 2. The van der Waals surface area contributed by atoms with E-state index in [-0.39, 0.29) is 5.41 Å². The predicted octanol–water partition coefficient (Wildman–Crippen LogP) is 4.48. The Balaban J connectivity index is 2.02. The first-order valence-corrected chi connectivity index (χ1v) is 7.61. The lowest BCUT2D eigenvalue weighted by atomic mass is 9.65. The molecule has 1 aliphatic rings. The maximum atomic E-state index is 10.9. The predicted molar refractivity (Wildman–Crippen MR) is 82.4 cm³/mol. The van der Waals surface area contributed by atoms with Gasteiger partial charge in [0.15, 0.2) is 0 Å².